The zero-order chi connectivity index (χ0) is 12.4. The monoisotopic (exact) mass is 282 g/mol. The Morgan fingerprint density at radius 1 is 1.33 bits per heavy atom. The van der Waals surface area contributed by atoms with E-state index < -0.39 is 0 Å². The first-order valence-corrected chi connectivity index (χ1v) is 8.99. The van der Waals surface area contributed by atoms with Crippen molar-refractivity contribution < 1.29 is 0 Å². The summed E-state index contributed by atoms with van der Waals surface area (Å²) in [7, 11) is 0. The Morgan fingerprint density at radius 2 is 2.11 bits per heavy atom. The third-order valence-corrected chi connectivity index (χ3v) is 6.05. The second kappa shape index (κ2) is 5.53. The lowest BCUT2D eigenvalue weighted by Gasteiger charge is -2.46. The highest BCUT2D eigenvalue weighted by Crippen LogP contribution is 2.40. The molecule has 3 rings (SSSR count). The van der Waals surface area contributed by atoms with Gasteiger partial charge in [-0.05, 0) is 59.6 Å². The molecule has 2 heterocycles. The van der Waals surface area contributed by atoms with Gasteiger partial charge in [-0.25, -0.2) is 0 Å². The van der Waals surface area contributed by atoms with Crippen LogP contribution >= 0.6 is 23.1 Å². The number of rotatable bonds is 5. The minimum Gasteiger partial charge on any atom is -0.329 e. The highest BCUT2D eigenvalue weighted by atomic mass is 32.2. The Hall–Kier alpha value is -0.0300. The van der Waals surface area contributed by atoms with Crippen LogP contribution in [0.2, 0.25) is 0 Å². The fourth-order valence-corrected chi connectivity index (χ4v) is 4.92. The molecule has 2 aliphatic rings. The molecule has 1 saturated heterocycles. The van der Waals surface area contributed by atoms with Crippen molar-refractivity contribution in [1.82, 2.24) is 4.90 Å². The molecule has 1 aromatic rings. The molecule has 1 aromatic heterocycles. The summed E-state index contributed by atoms with van der Waals surface area (Å²) >= 11 is 3.89. The molecule has 0 aromatic carbocycles. The maximum absolute atomic E-state index is 6.19. The van der Waals surface area contributed by atoms with E-state index in [1.165, 1.54) is 42.8 Å². The first-order chi connectivity index (χ1) is 8.84. The predicted molar refractivity (Wildman–Crippen MR) is 81.2 cm³/mol. The van der Waals surface area contributed by atoms with Crippen LogP contribution in [0.3, 0.4) is 0 Å². The van der Waals surface area contributed by atoms with E-state index >= 15 is 0 Å². The van der Waals surface area contributed by atoms with Crippen molar-refractivity contribution in [2.45, 2.75) is 43.8 Å². The standard InChI is InChI=1S/C14H22N2S2/c15-11-14(4-7-17-8-5-14)16(13-1-2-13)9-12-3-6-18-10-12/h3,6,10,13H,1-2,4-5,7-9,11,15H2. The molecular weight excluding hydrogens is 260 g/mol. The summed E-state index contributed by atoms with van der Waals surface area (Å²) < 4.78 is 0. The summed E-state index contributed by atoms with van der Waals surface area (Å²) in [5.74, 6) is 2.56. The molecule has 0 unspecified atom stereocenters. The SMILES string of the molecule is NCC1(N(Cc2ccsc2)C2CC2)CCSCC1. The first-order valence-electron chi connectivity index (χ1n) is 6.90. The van der Waals surface area contributed by atoms with Crippen LogP contribution in [0.25, 0.3) is 0 Å². The highest BCUT2D eigenvalue weighted by Gasteiger charge is 2.44. The van der Waals surface area contributed by atoms with E-state index in [1.807, 2.05) is 0 Å². The van der Waals surface area contributed by atoms with Gasteiger partial charge in [0.25, 0.3) is 0 Å². The average Bonchev–Trinajstić information content (AvgIpc) is 3.13. The van der Waals surface area contributed by atoms with Crippen molar-refractivity contribution in [1.29, 1.82) is 0 Å². The summed E-state index contributed by atoms with van der Waals surface area (Å²) in [5.41, 5.74) is 7.94. The highest BCUT2D eigenvalue weighted by molar-refractivity contribution is 7.99. The van der Waals surface area contributed by atoms with Crippen molar-refractivity contribution in [2.75, 3.05) is 18.1 Å². The first kappa shape index (κ1) is 13.0. The van der Waals surface area contributed by atoms with Crippen LogP contribution in [0.15, 0.2) is 16.8 Å². The van der Waals surface area contributed by atoms with Crippen molar-refractivity contribution in [2.24, 2.45) is 5.73 Å². The fraction of sp³-hybridized carbons (Fsp3) is 0.714. The molecule has 4 heteroatoms. The Labute approximate surface area is 118 Å². The van der Waals surface area contributed by atoms with Gasteiger partial charge in [0.05, 0.1) is 0 Å². The Morgan fingerprint density at radius 3 is 2.67 bits per heavy atom. The van der Waals surface area contributed by atoms with Gasteiger partial charge in [-0.15, -0.1) is 0 Å². The van der Waals surface area contributed by atoms with Crippen LogP contribution in [-0.2, 0) is 6.54 Å². The molecule has 0 amide bonds. The topological polar surface area (TPSA) is 29.3 Å². The maximum Gasteiger partial charge on any atom is 0.0353 e. The van der Waals surface area contributed by atoms with Gasteiger partial charge in [0.2, 0.25) is 0 Å². The number of hydrogen-bond acceptors (Lipinski definition) is 4. The summed E-state index contributed by atoms with van der Waals surface area (Å²) in [6.07, 6.45) is 5.29. The lowest BCUT2D eigenvalue weighted by molar-refractivity contribution is 0.0676. The second-order valence-electron chi connectivity index (χ2n) is 5.53. The third kappa shape index (κ3) is 2.62. The maximum atomic E-state index is 6.19. The molecule has 0 radical (unpaired) electrons. The molecule has 0 bridgehead atoms. The number of nitrogens with zero attached hydrogens (tertiary/aromatic N) is 1. The van der Waals surface area contributed by atoms with Gasteiger partial charge in [-0.2, -0.15) is 23.1 Å². The third-order valence-electron chi connectivity index (χ3n) is 4.33. The van der Waals surface area contributed by atoms with E-state index in [1.54, 1.807) is 11.3 Å². The van der Waals surface area contributed by atoms with Gasteiger partial charge < -0.3 is 5.73 Å². The normalized spacial score (nSPS) is 23.4. The molecule has 100 valence electrons. The summed E-state index contributed by atoms with van der Waals surface area (Å²) in [4.78, 5) is 2.74. The summed E-state index contributed by atoms with van der Waals surface area (Å²) in [6, 6.07) is 3.07. The molecule has 18 heavy (non-hydrogen) atoms. The largest absolute Gasteiger partial charge is 0.329 e. The van der Waals surface area contributed by atoms with Gasteiger partial charge >= 0.3 is 0 Å². The number of thioether (sulfide) groups is 1. The van der Waals surface area contributed by atoms with Gasteiger partial charge in [0.15, 0.2) is 0 Å². The molecule has 1 aliphatic carbocycles. The molecular formula is C14H22N2S2. The Kier molecular flexibility index (Phi) is 3.99. The van der Waals surface area contributed by atoms with Crippen molar-refractivity contribution in [3.05, 3.63) is 22.4 Å². The molecule has 0 spiro atoms. The molecule has 2 N–H and O–H groups in total. The van der Waals surface area contributed by atoms with Crippen LogP contribution in [0, 0.1) is 0 Å². The minimum absolute atomic E-state index is 0.286. The van der Waals surface area contributed by atoms with Gasteiger partial charge in [-0.1, -0.05) is 0 Å². The quantitative estimate of drug-likeness (QED) is 0.900. The summed E-state index contributed by atoms with van der Waals surface area (Å²) in [6.45, 7) is 1.93. The summed E-state index contributed by atoms with van der Waals surface area (Å²) in [5, 5.41) is 4.48. The zero-order valence-corrected chi connectivity index (χ0v) is 12.4. The van der Waals surface area contributed by atoms with Gasteiger partial charge in [0.1, 0.15) is 0 Å². The number of hydrogen-bond donors (Lipinski definition) is 1. The lowest BCUT2D eigenvalue weighted by Crippen LogP contribution is -2.56. The van der Waals surface area contributed by atoms with E-state index in [0.717, 1.165) is 19.1 Å². The van der Waals surface area contributed by atoms with E-state index in [-0.39, 0.29) is 5.54 Å². The number of nitrogens with two attached hydrogens (primary N) is 1. The molecule has 2 fully saturated rings. The number of thiophene rings is 1. The zero-order valence-electron chi connectivity index (χ0n) is 10.8. The van der Waals surface area contributed by atoms with Crippen molar-refractivity contribution in [3.8, 4) is 0 Å². The van der Waals surface area contributed by atoms with Crippen molar-refractivity contribution >= 4 is 23.1 Å². The van der Waals surface area contributed by atoms with Crippen LogP contribution < -0.4 is 5.73 Å². The minimum atomic E-state index is 0.286. The van der Waals surface area contributed by atoms with E-state index in [2.05, 4.69) is 33.5 Å². The van der Waals surface area contributed by atoms with Crippen molar-refractivity contribution in [3.63, 3.8) is 0 Å². The van der Waals surface area contributed by atoms with E-state index in [4.69, 9.17) is 5.73 Å². The predicted octanol–water partition coefficient (Wildman–Crippen LogP) is 2.94. The van der Waals surface area contributed by atoms with Gasteiger partial charge in [0, 0.05) is 24.7 Å². The van der Waals surface area contributed by atoms with E-state index in [9.17, 15) is 0 Å². The lowest BCUT2D eigenvalue weighted by atomic mass is 9.89. The molecule has 2 nitrogen and oxygen atoms in total. The second-order valence-corrected chi connectivity index (χ2v) is 7.54. The molecule has 1 aliphatic heterocycles. The Bertz CT molecular complexity index is 367. The van der Waals surface area contributed by atoms with Crippen LogP contribution in [0.1, 0.15) is 31.2 Å². The average molecular weight is 282 g/mol. The van der Waals surface area contributed by atoms with Crippen LogP contribution in [-0.4, -0.2) is 34.5 Å². The van der Waals surface area contributed by atoms with Crippen LogP contribution in [0.4, 0.5) is 0 Å². The van der Waals surface area contributed by atoms with Gasteiger partial charge in [-0.3, -0.25) is 4.90 Å². The molecule has 1 saturated carbocycles. The fourth-order valence-electron chi connectivity index (χ4n) is 3.01. The van der Waals surface area contributed by atoms with Crippen LogP contribution in [0.5, 0.6) is 0 Å². The Balaban J connectivity index is 1.78. The van der Waals surface area contributed by atoms with E-state index in [0.29, 0.717) is 0 Å². The molecule has 0 atom stereocenters. The smallest absolute Gasteiger partial charge is 0.0353 e.